The van der Waals surface area contributed by atoms with Gasteiger partial charge in [-0.1, -0.05) is 32.4 Å². The van der Waals surface area contributed by atoms with E-state index in [2.05, 4.69) is 4.98 Å². The van der Waals surface area contributed by atoms with Crippen LogP contribution in [0.2, 0.25) is 5.02 Å². The van der Waals surface area contributed by atoms with E-state index in [-0.39, 0.29) is 12.4 Å². The van der Waals surface area contributed by atoms with E-state index in [1.807, 2.05) is 11.4 Å². The normalized spacial score (nSPS) is 11.5. The summed E-state index contributed by atoms with van der Waals surface area (Å²) in [6, 6.07) is 7.23. The average molecular weight is 439 g/mol. The Balaban J connectivity index is 1.80. The molecule has 2 aromatic carbocycles. The van der Waals surface area contributed by atoms with Gasteiger partial charge in [0.2, 0.25) is 5.91 Å². The van der Waals surface area contributed by atoms with Gasteiger partial charge in [0, 0.05) is 10.4 Å². The first kappa shape index (κ1) is 21.1. The second kappa shape index (κ2) is 8.04. The third kappa shape index (κ3) is 4.71. The van der Waals surface area contributed by atoms with E-state index in [4.69, 9.17) is 16.3 Å². The fourth-order valence-electron chi connectivity index (χ4n) is 2.36. The van der Waals surface area contributed by atoms with Crippen molar-refractivity contribution in [2.75, 3.05) is 0 Å². The van der Waals surface area contributed by atoms with Gasteiger partial charge in [-0.2, -0.15) is 0 Å². The number of fused-ring (bicyclic) bond motifs is 1. The number of thiazole rings is 1. The monoisotopic (exact) mass is 438 g/mol. The van der Waals surface area contributed by atoms with Crippen molar-refractivity contribution in [3.8, 4) is 5.75 Å². The number of ether oxygens (including phenoxy) is 1. The fourth-order valence-corrected chi connectivity index (χ4v) is 3.38. The maximum Gasteiger partial charge on any atom is 0.263 e. The molecule has 0 saturated carbocycles. The molecule has 29 heavy (non-hydrogen) atoms. The van der Waals surface area contributed by atoms with Crippen LogP contribution >= 0.6 is 22.9 Å². The molecular formula is C20H17ClF2N2O3S. The number of amides is 2. The van der Waals surface area contributed by atoms with Gasteiger partial charge in [0.05, 0.1) is 10.2 Å². The van der Waals surface area contributed by atoms with Gasteiger partial charge in [0.25, 0.3) is 5.91 Å². The van der Waals surface area contributed by atoms with Crippen molar-refractivity contribution < 1.29 is 23.1 Å². The molecule has 152 valence electrons. The van der Waals surface area contributed by atoms with Crippen LogP contribution in [0.25, 0.3) is 10.2 Å². The Morgan fingerprint density at radius 2 is 1.93 bits per heavy atom. The lowest BCUT2D eigenvalue weighted by molar-refractivity contribution is -0.127. The number of hydrogen-bond acceptors (Lipinski definition) is 5. The first-order chi connectivity index (χ1) is 13.6. The second-order valence-corrected chi connectivity index (χ2v) is 8.83. The summed E-state index contributed by atoms with van der Waals surface area (Å²) < 4.78 is 35.1. The molecule has 1 aromatic heterocycles. The lowest BCUT2D eigenvalue weighted by Gasteiger charge is -2.17. The minimum Gasteiger partial charge on any atom is -0.483 e. The van der Waals surface area contributed by atoms with Gasteiger partial charge in [-0.15, -0.1) is 11.3 Å². The second-order valence-electron chi connectivity index (χ2n) is 7.28. The van der Waals surface area contributed by atoms with E-state index in [1.54, 1.807) is 32.9 Å². The zero-order valence-corrected chi connectivity index (χ0v) is 17.4. The Kier molecular flexibility index (Phi) is 5.86. The Labute approximate surface area is 174 Å². The minimum atomic E-state index is -1.19. The summed E-state index contributed by atoms with van der Waals surface area (Å²) in [5, 5.41) is 3.10. The molecule has 0 fully saturated rings. The molecule has 0 atom stereocenters. The number of nitrogens with zero attached hydrogens (tertiary/aromatic N) is 1. The van der Waals surface area contributed by atoms with Gasteiger partial charge in [-0.25, -0.2) is 13.8 Å². The predicted molar refractivity (Wildman–Crippen MR) is 107 cm³/mol. The predicted octanol–water partition coefficient (Wildman–Crippen LogP) is 5.11. The fraction of sp³-hybridized carbons (Fsp3) is 0.250. The van der Waals surface area contributed by atoms with Crippen LogP contribution in [0.3, 0.4) is 0 Å². The van der Waals surface area contributed by atoms with Crippen LogP contribution in [0.5, 0.6) is 5.75 Å². The van der Waals surface area contributed by atoms with Crippen molar-refractivity contribution in [2.45, 2.75) is 27.4 Å². The molecule has 0 aliphatic rings. The van der Waals surface area contributed by atoms with E-state index in [1.165, 1.54) is 11.3 Å². The summed E-state index contributed by atoms with van der Waals surface area (Å²) >= 11 is 7.27. The first-order valence-corrected chi connectivity index (χ1v) is 9.77. The Morgan fingerprint density at radius 1 is 1.21 bits per heavy atom. The summed E-state index contributed by atoms with van der Waals surface area (Å²) in [5.74, 6) is -4.42. The van der Waals surface area contributed by atoms with Crippen molar-refractivity contribution in [3.63, 3.8) is 0 Å². The molecule has 0 radical (unpaired) electrons. The zero-order valence-electron chi connectivity index (χ0n) is 15.8. The standard InChI is InChI=1S/C20H17ClF2N2O3S/c1-20(2,3)19(27)25-18(26)16-11(22)5-6-13(17(16)23)28-9-15-24-12-8-10(21)4-7-14(12)29-15/h4-8H,9H2,1-3H3,(H,25,26,27). The van der Waals surface area contributed by atoms with Crippen molar-refractivity contribution in [1.82, 2.24) is 10.3 Å². The van der Waals surface area contributed by atoms with Crippen LogP contribution in [0.4, 0.5) is 8.78 Å². The number of halogens is 3. The Hall–Kier alpha value is -2.58. The van der Waals surface area contributed by atoms with Gasteiger partial charge in [-0.3, -0.25) is 14.9 Å². The molecule has 1 heterocycles. The highest BCUT2D eigenvalue weighted by Gasteiger charge is 2.28. The maximum atomic E-state index is 14.7. The van der Waals surface area contributed by atoms with Gasteiger partial charge in [0.1, 0.15) is 23.0 Å². The van der Waals surface area contributed by atoms with Gasteiger partial charge in [0.15, 0.2) is 11.6 Å². The van der Waals surface area contributed by atoms with Crippen LogP contribution in [0.15, 0.2) is 30.3 Å². The molecule has 0 aliphatic heterocycles. The van der Waals surface area contributed by atoms with Crippen molar-refractivity contribution >= 4 is 45.0 Å². The molecule has 3 rings (SSSR count). The molecule has 0 unspecified atom stereocenters. The van der Waals surface area contributed by atoms with E-state index in [0.717, 1.165) is 16.8 Å². The van der Waals surface area contributed by atoms with Crippen molar-refractivity contribution in [2.24, 2.45) is 5.41 Å². The lowest BCUT2D eigenvalue weighted by atomic mass is 9.95. The summed E-state index contributed by atoms with van der Waals surface area (Å²) in [7, 11) is 0. The topological polar surface area (TPSA) is 68.3 Å². The molecule has 0 spiro atoms. The number of nitrogens with one attached hydrogen (secondary N) is 1. The summed E-state index contributed by atoms with van der Waals surface area (Å²) in [6.45, 7) is 4.65. The van der Waals surface area contributed by atoms with Crippen molar-refractivity contribution in [3.05, 3.63) is 57.6 Å². The summed E-state index contributed by atoms with van der Waals surface area (Å²) in [4.78, 5) is 28.5. The molecule has 0 aliphatic carbocycles. The molecule has 9 heteroatoms. The molecule has 5 nitrogen and oxygen atoms in total. The van der Waals surface area contributed by atoms with E-state index in [0.29, 0.717) is 15.5 Å². The van der Waals surface area contributed by atoms with Crippen LogP contribution in [0, 0.1) is 17.0 Å². The third-order valence-corrected chi connectivity index (χ3v) is 5.18. The summed E-state index contributed by atoms with van der Waals surface area (Å²) in [6.07, 6.45) is 0. The SMILES string of the molecule is CC(C)(C)C(=O)NC(=O)c1c(F)ccc(OCc2nc3cc(Cl)ccc3s2)c1F. The molecule has 1 N–H and O–H groups in total. The lowest BCUT2D eigenvalue weighted by Crippen LogP contribution is -2.39. The number of rotatable bonds is 4. The number of benzene rings is 2. The Morgan fingerprint density at radius 3 is 2.62 bits per heavy atom. The van der Waals surface area contributed by atoms with Crippen LogP contribution < -0.4 is 10.1 Å². The third-order valence-electron chi connectivity index (χ3n) is 3.94. The number of aromatic nitrogens is 1. The first-order valence-electron chi connectivity index (χ1n) is 8.58. The highest BCUT2D eigenvalue weighted by atomic mass is 35.5. The molecule has 2 amide bonds. The van der Waals surface area contributed by atoms with Crippen LogP contribution in [-0.4, -0.2) is 16.8 Å². The highest BCUT2D eigenvalue weighted by Crippen LogP contribution is 2.28. The maximum absolute atomic E-state index is 14.7. The average Bonchev–Trinajstić information content (AvgIpc) is 3.02. The van der Waals surface area contributed by atoms with E-state index < -0.39 is 34.4 Å². The van der Waals surface area contributed by atoms with E-state index >= 15 is 0 Å². The number of carbonyl (C=O) groups excluding carboxylic acids is 2. The zero-order chi connectivity index (χ0) is 21.3. The van der Waals surface area contributed by atoms with Gasteiger partial charge in [-0.05, 0) is 30.3 Å². The van der Waals surface area contributed by atoms with Crippen LogP contribution in [0.1, 0.15) is 36.1 Å². The Bertz CT molecular complexity index is 1110. The largest absolute Gasteiger partial charge is 0.483 e. The molecule has 3 aromatic rings. The van der Waals surface area contributed by atoms with E-state index in [9.17, 15) is 18.4 Å². The number of hydrogen-bond donors (Lipinski definition) is 1. The smallest absolute Gasteiger partial charge is 0.263 e. The van der Waals surface area contributed by atoms with Gasteiger partial charge >= 0.3 is 0 Å². The highest BCUT2D eigenvalue weighted by molar-refractivity contribution is 7.18. The molecular weight excluding hydrogens is 422 g/mol. The quantitative estimate of drug-likeness (QED) is 0.614. The van der Waals surface area contributed by atoms with Gasteiger partial charge < -0.3 is 4.74 Å². The minimum absolute atomic E-state index is 0.0818. The summed E-state index contributed by atoms with van der Waals surface area (Å²) in [5.41, 5.74) is -1.09. The molecule has 0 saturated heterocycles. The molecule has 0 bridgehead atoms. The number of carbonyl (C=O) groups is 2. The van der Waals surface area contributed by atoms with Crippen molar-refractivity contribution in [1.29, 1.82) is 0 Å². The van der Waals surface area contributed by atoms with Crippen LogP contribution in [-0.2, 0) is 11.4 Å². The number of imide groups is 1.